The lowest BCUT2D eigenvalue weighted by molar-refractivity contribution is 0.0893. The summed E-state index contributed by atoms with van der Waals surface area (Å²) in [7, 11) is 0. The Morgan fingerprint density at radius 2 is 1.00 bits per heavy atom. The molecule has 18 heavy (non-hydrogen) atoms. The molecular formula is C14H22O4. The molecule has 0 amide bonds. The average molecular weight is 254 g/mol. The highest BCUT2D eigenvalue weighted by molar-refractivity contribution is 5.58. The van der Waals surface area contributed by atoms with E-state index >= 15 is 0 Å². The monoisotopic (exact) mass is 254 g/mol. The Balaban J connectivity index is 3.25. The van der Waals surface area contributed by atoms with Crippen molar-refractivity contribution in [3.05, 3.63) is 12.1 Å². The largest absolute Gasteiger partial charge is 0.504 e. The van der Waals surface area contributed by atoms with Crippen LogP contribution in [0.25, 0.3) is 0 Å². The van der Waals surface area contributed by atoms with Crippen molar-refractivity contribution in [1.82, 2.24) is 0 Å². The molecule has 0 heterocycles. The van der Waals surface area contributed by atoms with Crippen LogP contribution in [0, 0.1) is 0 Å². The molecule has 4 nitrogen and oxygen atoms in total. The highest BCUT2D eigenvalue weighted by Crippen LogP contribution is 2.46. The first kappa shape index (κ1) is 14.5. The molecule has 2 N–H and O–H groups in total. The fourth-order valence-electron chi connectivity index (χ4n) is 1.35. The van der Waals surface area contributed by atoms with Gasteiger partial charge in [0.1, 0.15) is 11.2 Å². The van der Waals surface area contributed by atoms with E-state index in [-0.39, 0.29) is 23.0 Å². The number of hydrogen-bond donors (Lipinski definition) is 2. The van der Waals surface area contributed by atoms with Crippen molar-refractivity contribution in [3.63, 3.8) is 0 Å². The number of phenols is 2. The van der Waals surface area contributed by atoms with Crippen LogP contribution in [0.4, 0.5) is 0 Å². The molecule has 1 aromatic rings. The van der Waals surface area contributed by atoms with Gasteiger partial charge < -0.3 is 19.7 Å². The van der Waals surface area contributed by atoms with Crippen molar-refractivity contribution in [2.75, 3.05) is 0 Å². The summed E-state index contributed by atoms with van der Waals surface area (Å²) in [6.45, 7) is 11.2. The third-order valence-electron chi connectivity index (χ3n) is 1.89. The van der Waals surface area contributed by atoms with Gasteiger partial charge in [0.15, 0.2) is 11.5 Å². The summed E-state index contributed by atoms with van der Waals surface area (Å²) in [6.07, 6.45) is 0. The van der Waals surface area contributed by atoms with Gasteiger partial charge in [0.2, 0.25) is 11.5 Å². The zero-order chi connectivity index (χ0) is 14.1. The Morgan fingerprint density at radius 3 is 1.22 bits per heavy atom. The fourth-order valence-corrected chi connectivity index (χ4v) is 1.35. The summed E-state index contributed by atoms with van der Waals surface area (Å²) in [5.41, 5.74) is -0.997. The van der Waals surface area contributed by atoms with E-state index in [4.69, 9.17) is 9.47 Å². The Labute approximate surface area is 108 Å². The molecule has 0 radical (unpaired) electrons. The molecule has 4 heteroatoms. The lowest BCUT2D eigenvalue weighted by atomic mass is 10.1. The van der Waals surface area contributed by atoms with Gasteiger partial charge in [0.05, 0.1) is 0 Å². The normalized spacial score (nSPS) is 12.3. The molecule has 0 saturated heterocycles. The summed E-state index contributed by atoms with van der Waals surface area (Å²) in [5.74, 6) is 0.221. The van der Waals surface area contributed by atoms with Crippen molar-refractivity contribution in [1.29, 1.82) is 0 Å². The van der Waals surface area contributed by atoms with Crippen molar-refractivity contribution >= 4 is 0 Å². The first-order chi connectivity index (χ1) is 7.99. The van der Waals surface area contributed by atoms with E-state index < -0.39 is 11.2 Å². The Hall–Kier alpha value is -1.58. The zero-order valence-electron chi connectivity index (χ0n) is 11.9. The molecule has 0 aromatic heterocycles. The topological polar surface area (TPSA) is 58.9 Å². The fraction of sp³-hybridized carbons (Fsp3) is 0.571. The minimum atomic E-state index is -0.499. The molecule has 0 aliphatic rings. The lowest BCUT2D eigenvalue weighted by Gasteiger charge is -2.27. The van der Waals surface area contributed by atoms with Crippen molar-refractivity contribution in [2.24, 2.45) is 0 Å². The van der Waals surface area contributed by atoms with Crippen LogP contribution < -0.4 is 9.47 Å². The zero-order valence-corrected chi connectivity index (χ0v) is 11.9. The van der Waals surface area contributed by atoms with Crippen LogP contribution in [0.15, 0.2) is 12.1 Å². The van der Waals surface area contributed by atoms with E-state index in [1.807, 2.05) is 41.5 Å². The van der Waals surface area contributed by atoms with Gasteiger partial charge in [-0.2, -0.15) is 0 Å². The van der Waals surface area contributed by atoms with Crippen LogP contribution in [-0.2, 0) is 0 Å². The van der Waals surface area contributed by atoms with Crippen LogP contribution in [0.1, 0.15) is 41.5 Å². The van der Waals surface area contributed by atoms with E-state index in [1.165, 1.54) is 12.1 Å². The smallest absolute Gasteiger partial charge is 0.207 e. The number of aromatic hydroxyl groups is 2. The van der Waals surface area contributed by atoms with Gasteiger partial charge >= 0.3 is 0 Å². The molecule has 1 aromatic carbocycles. The molecule has 0 aliphatic heterocycles. The van der Waals surface area contributed by atoms with Gasteiger partial charge in [0.25, 0.3) is 0 Å². The average Bonchev–Trinajstić information content (AvgIpc) is 2.14. The summed E-state index contributed by atoms with van der Waals surface area (Å²) >= 11 is 0. The summed E-state index contributed by atoms with van der Waals surface area (Å²) in [6, 6.07) is 2.76. The van der Waals surface area contributed by atoms with E-state index in [9.17, 15) is 10.2 Å². The van der Waals surface area contributed by atoms with Gasteiger partial charge in [-0.05, 0) is 53.7 Å². The molecular weight excluding hydrogens is 232 g/mol. The Bertz CT molecular complexity index is 384. The number of ether oxygens (including phenoxy) is 2. The summed E-state index contributed by atoms with van der Waals surface area (Å²) in [4.78, 5) is 0. The van der Waals surface area contributed by atoms with Crippen LogP contribution in [0.5, 0.6) is 23.0 Å². The van der Waals surface area contributed by atoms with E-state index in [0.29, 0.717) is 0 Å². The van der Waals surface area contributed by atoms with Crippen LogP contribution >= 0.6 is 0 Å². The third-order valence-corrected chi connectivity index (χ3v) is 1.89. The number of hydrogen-bond acceptors (Lipinski definition) is 4. The minimum absolute atomic E-state index is 0.0537. The highest BCUT2D eigenvalue weighted by Gasteiger charge is 2.25. The first-order valence-corrected chi connectivity index (χ1v) is 5.92. The number of phenolic OH excluding ortho intramolecular Hbond substituents is 2. The van der Waals surface area contributed by atoms with Crippen LogP contribution in [0.2, 0.25) is 0 Å². The molecule has 0 aliphatic carbocycles. The van der Waals surface area contributed by atoms with E-state index in [2.05, 4.69) is 0 Å². The quantitative estimate of drug-likeness (QED) is 0.794. The highest BCUT2D eigenvalue weighted by atomic mass is 16.6. The maximum Gasteiger partial charge on any atom is 0.207 e. The SMILES string of the molecule is CC(C)(C)Oc1c(O)ccc(O)c1OC(C)(C)C. The van der Waals surface area contributed by atoms with Gasteiger partial charge in [-0.3, -0.25) is 0 Å². The second-order valence-corrected chi connectivity index (χ2v) is 6.19. The van der Waals surface area contributed by atoms with Crippen molar-refractivity contribution in [2.45, 2.75) is 52.7 Å². The van der Waals surface area contributed by atoms with Crippen molar-refractivity contribution in [3.8, 4) is 23.0 Å². The van der Waals surface area contributed by atoms with Gasteiger partial charge in [-0.25, -0.2) is 0 Å². The molecule has 0 atom stereocenters. The van der Waals surface area contributed by atoms with Gasteiger partial charge in [-0.1, -0.05) is 0 Å². The molecule has 102 valence electrons. The molecule has 0 fully saturated rings. The summed E-state index contributed by atoms with van der Waals surface area (Å²) < 4.78 is 11.3. The van der Waals surface area contributed by atoms with E-state index in [1.54, 1.807) is 0 Å². The standard InChI is InChI=1S/C14H22O4/c1-13(2,3)17-11-9(15)7-8-10(16)12(11)18-14(4,5)6/h7-8,15-16H,1-6H3. The maximum absolute atomic E-state index is 9.86. The lowest BCUT2D eigenvalue weighted by Crippen LogP contribution is -2.26. The minimum Gasteiger partial charge on any atom is -0.504 e. The molecule has 0 spiro atoms. The molecule has 0 saturated carbocycles. The van der Waals surface area contributed by atoms with Gasteiger partial charge in [0, 0.05) is 0 Å². The van der Waals surface area contributed by atoms with Crippen LogP contribution in [-0.4, -0.2) is 21.4 Å². The predicted molar refractivity (Wildman–Crippen MR) is 70.5 cm³/mol. The third kappa shape index (κ3) is 4.02. The summed E-state index contributed by atoms with van der Waals surface area (Å²) in [5, 5.41) is 19.7. The van der Waals surface area contributed by atoms with E-state index in [0.717, 1.165) is 0 Å². The maximum atomic E-state index is 9.86. The Morgan fingerprint density at radius 1 is 0.722 bits per heavy atom. The first-order valence-electron chi connectivity index (χ1n) is 5.92. The van der Waals surface area contributed by atoms with Crippen LogP contribution in [0.3, 0.4) is 0 Å². The van der Waals surface area contributed by atoms with Crippen molar-refractivity contribution < 1.29 is 19.7 Å². The number of benzene rings is 1. The molecule has 1 rings (SSSR count). The Kier molecular flexibility index (Phi) is 3.70. The second kappa shape index (κ2) is 4.59. The van der Waals surface area contributed by atoms with Gasteiger partial charge in [-0.15, -0.1) is 0 Å². The molecule has 0 unspecified atom stereocenters. The molecule has 0 bridgehead atoms. The predicted octanol–water partition coefficient (Wildman–Crippen LogP) is 3.45. The number of rotatable bonds is 2. The second-order valence-electron chi connectivity index (χ2n) is 6.19.